The van der Waals surface area contributed by atoms with Crippen molar-refractivity contribution < 1.29 is 20.1 Å². The number of methoxy groups -OCH3 is 1. The summed E-state index contributed by atoms with van der Waals surface area (Å²) in [5, 5.41) is 30.4. The molecule has 0 bridgehead atoms. The first-order chi connectivity index (χ1) is 13.2. The maximum absolute atomic E-state index is 10.2. The summed E-state index contributed by atoms with van der Waals surface area (Å²) < 4.78 is 5.31. The summed E-state index contributed by atoms with van der Waals surface area (Å²) in [6.45, 7) is 7.53. The number of rotatable bonds is 4. The van der Waals surface area contributed by atoms with Crippen molar-refractivity contribution in [1.29, 1.82) is 0 Å². The van der Waals surface area contributed by atoms with Crippen LogP contribution in [0.4, 0.5) is 0 Å². The molecular formula is C24H26O4. The molecule has 0 aromatic heterocycles. The van der Waals surface area contributed by atoms with Gasteiger partial charge in [0.05, 0.1) is 7.11 Å². The van der Waals surface area contributed by atoms with Crippen molar-refractivity contribution in [2.24, 2.45) is 0 Å². The van der Waals surface area contributed by atoms with Gasteiger partial charge in [0.15, 0.2) is 11.5 Å². The van der Waals surface area contributed by atoms with Gasteiger partial charge in [-0.15, -0.1) is 0 Å². The molecule has 0 radical (unpaired) electrons. The Bertz CT molecular complexity index is 933. The molecule has 0 aliphatic heterocycles. The Balaban J connectivity index is 2.29. The summed E-state index contributed by atoms with van der Waals surface area (Å²) in [6.07, 6.45) is 0. The minimum Gasteiger partial charge on any atom is -0.507 e. The lowest BCUT2D eigenvalue weighted by Crippen LogP contribution is -2.06. The fourth-order valence-electron chi connectivity index (χ4n) is 3.76. The van der Waals surface area contributed by atoms with Crippen LogP contribution in [0.5, 0.6) is 23.0 Å². The van der Waals surface area contributed by atoms with Gasteiger partial charge < -0.3 is 20.1 Å². The van der Waals surface area contributed by atoms with Gasteiger partial charge in [-0.3, -0.25) is 0 Å². The van der Waals surface area contributed by atoms with Gasteiger partial charge in [-0.2, -0.15) is 0 Å². The highest BCUT2D eigenvalue weighted by molar-refractivity contribution is 5.55. The fraction of sp³-hybridized carbons (Fsp3) is 0.250. The van der Waals surface area contributed by atoms with Crippen LogP contribution >= 0.6 is 0 Å². The fourth-order valence-corrected chi connectivity index (χ4v) is 3.76. The molecule has 0 heterocycles. The maximum Gasteiger partial charge on any atom is 0.160 e. The van der Waals surface area contributed by atoms with Gasteiger partial charge in [-0.05, 0) is 78.8 Å². The van der Waals surface area contributed by atoms with Crippen molar-refractivity contribution >= 4 is 0 Å². The summed E-state index contributed by atoms with van der Waals surface area (Å²) in [5.41, 5.74) is 6.20. The molecule has 0 spiro atoms. The van der Waals surface area contributed by atoms with Crippen molar-refractivity contribution in [3.8, 4) is 23.0 Å². The molecule has 0 aliphatic carbocycles. The molecule has 4 heteroatoms. The van der Waals surface area contributed by atoms with Crippen molar-refractivity contribution in [3.63, 3.8) is 0 Å². The van der Waals surface area contributed by atoms with Crippen LogP contribution in [-0.2, 0) is 0 Å². The minimum atomic E-state index is -0.148. The quantitative estimate of drug-likeness (QED) is 0.544. The Hall–Kier alpha value is -3.14. The Morgan fingerprint density at radius 1 is 0.643 bits per heavy atom. The number of hydrogen-bond acceptors (Lipinski definition) is 4. The van der Waals surface area contributed by atoms with E-state index < -0.39 is 0 Å². The molecule has 0 unspecified atom stereocenters. The molecule has 0 aliphatic rings. The predicted octanol–water partition coefficient (Wildman–Crippen LogP) is 5.23. The molecule has 3 aromatic carbocycles. The molecule has 0 saturated carbocycles. The van der Waals surface area contributed by atoms with E-state index in [2.05, 4.69) is 0 Å². The first kappa shape index (κ1) is 19.6. The third kappa shape index (κ3) is 3.50. The maximum atomic E-state index is 10.2. The average molecular weight is 378 g/mol. The van der Waals surface area contributed by atoms with Gasteiger partial charge >= 0.3 is 0 Å². The largest absolute Gasteiger partial charge is 0.507 e. The first-order valence-electron chi connectivity index (χ1n) is 9.20. The van der Waals surface area contributed by atoms with E-state index in [1.54, 1.807) is 6.07 Å². The molecule has 0 fully saturated rings. The van der Waals surface area contributed by atoms with Gasteiger partial charge in [0.25, 0.3) is 0 Å². The molecule has 28 heavy (non-hydrogen) atoms. The van der Waals surface area contributed by atoms with E-state index in [-0.39, 0.29) is 11.7 Å². The zero-order chi connectivity index (χ0) is 20.6. The lowest BCUT2D eigenvalue weighted by molar-refractivity contribution is 0.373. The van der Waals surface area contributed by atoms with Crippen molar-refractivity contribution in [2.45, 2.75) is 33.6 Å². The summed E-state index contributed by atoms with van der Waals surface area (Å²) in [7, 11) is 1.53. The molecule has 3 rings (SSSR count). The van der Waals surface area contributed by atoms with E-state index in [0.29, 0.717) is 17.2 Å². The van der Waals surface area contributed by atoms with Crippen LogP contribution in [0.1, 0.15) is 44.9 Å². The lowest BCUT2D eigenvalue weighted by atomic mass is 9.82. The van der Waals surface area contributed by atoms with Crippen LogP contribution in [0.2, 0.25) is 0 Å². The second-order valence-electron chi connectivity index (χ2n) is 7.37. The zero-order valence-electron chi connectivity index (χ0n) is 16.9. The molecule has 0 saturated heterocycles. The van der Waals surface area contributed by atoms with Gasteiger partial charge in [0.2, 0.25) is 0 Å². The second kappa shape index (κ2) is 7.47. The SMILES string of the molecule is COc1cc(C(c2cc(C)c(O)c(C)c2)c2cc(C)c(O)c(C)c2)ccc1O. The van der Waals surface area contributed by atoms with Crippen LogP contribution < -0.4 is 4.74 Å². The number of aromatic hydroxyl groups is 3. The van der Waals surface area contributed by atoms with E-state index in [1.807, 2.05) is 64.1 Å². The number of phenolic OH excluding ortho intramolecular Hbond substituents is 3. The number of aryl methyl sites for hydroxylation is 4. The number of benzene rings is 3. The van der Waals surface area contributed by atoms with Gasteiger partial charge in [0.1, 0.15) is 11.5 Å². The van der Waals surface area contributed by atoms with Crippen LogP contribution in [-0.4, -0.2) is 22.4 Å². The topological polar surface area (TPSA) is 69.9 Å². The third-order valence-corrected chi connectivity index (χ3v) is 5.23. The molecule has 4 nitrogen and oxygen atoms in total. The van der Waals surface area contributed by atoms with E-state index in [4.69, 9.17) is 4.74 Å². The Morgan fingerprint density at radius 3 is 1.46 bits per heavy atom. The van der Waals surface area contributed by atoms with Gasteiger partial charge in [-0.25, -0.2) is 0 Å². The highest BCUT2D eigenvalue weighted by Crippen LogP contribution is 2.40. The molecule has 0 amide bonds. The molecule has 146 valence electrons. The van der Waals surface area contributed by atoms with E-state index in [0.717, 1.165) is 38.9 Å². The van der Waals surface area contributed by atoms with Crippen molar-refractivity contribution in [3.05, 3.63) is 81.4 Å². The van der Waals surface area contributed by atoms with Crippen LogP contribution in [0, 0.1) is 27.7 Å². The summed E-state index contributed by atoms with van der Waals surface area (Å²) in [6, 6.07) is 13.2. The molecule has 3 aromatic rings. The number of hydrogen-bond donors (Lipinski definition) is 3. The number of ether oxygens (including phenoxy) is 1. The van der Waals surface area contributed by atoms with Gasteiger partial charge in [-0.1, -0.05) is 30.3 Å². The number of phenols is 3. The van der Waals surface area contributed by atoms with E-state index >= 15 is 0 Å². The van der Waals surface area contributed by atoms with Crippen molar-refractivity contribution in [1.82, 2.24) is 0 Å². The standard InChI is InChI=1S/C24H26O4/c1-13-8-18(9-14(2)23(13)26)22(17-6-7-20(25)21(12-17)28-5)19-10-15(3)24(27)16(4)11-19/h6-12,22,25-27H,1-5H3. The normalized spacial score (nSPS) is 11.1. The van der Waals surface area contributed by atoms with Crippen LogP contribution in [0.3, 0.4) is 0 Å². The van der Waals surface area contributed by atoms with Crippen LogP contribution in [0.15, 0.2) is 42.5 Å². The Morgan fingerprint density at radius 2 is 1.07 bits per heavy atom. The van der Waals surface area contributed by atoms with Crippen LogP contribution in [0.25, 0.3) is 0 Å². The van der Waals surface area contributed by atoms with E-state index in [1.165, 1.54) is 7.11 Å². The highest BCUT2D eigenvalue weighted by atomic mass is 16.5. The van der Waals surface area contributed by atoms with Crippen molar-refractivity contribution in [2.75, 3.05) is 7.11 Å². The minimum absolute atomic E-state index is 0.0844. The monoisotopic (exact) mass is 378 g/mol. The Labute approximate surface area is 165 Å². The zero-order valence-corrected chi connectivity index (χ0v) is 16.9. The first-order valence-corrected chi connectivity index (χ1v) is 9.20. The predicted molar refractivity (Wildman–Crippen MR) is 111 cm³/mol. The molecule has 0 atom stereocenters. The lowest BCUT2D eigenvalue weighted by Gasteiger charge is -2.23. The van der Waals surface area contributed by atoms with Gasteiger partial charge in [0, 0.05) is 5.92 Å². The summed E-state index contributed by atoms with van der Waals surface area (Å²) in [4.78, 5) is 0. The van der Waals surface area contributed by atoms with E-state index in [9.17, 15) is 15.3 Å². The second-order valence-corrected chi connectivity index (χ2v) is 7.37. The molecular weight excluding hydrogens is 352 g/mol. The third-order valence-electron chi connectivity index (χ3n) is 5.23. The highest BCUT2D eigenvalue weighted by Gasteiger charge is 2.21. The summed E-state index contributed by atoms with van der Waals surface area (Å²) >= 11 is 0. The average Bonchev–Trinajstić information content (AvgIpc) is 2.65. The smallest absolute Gasteiger partial charge is 0.160 e. The Kier molecular flexibility index (Phi) is 5.23. The molecule has 3 N–H and O–H groups in total. The summed E-state index contributed by atoms with van der Waals surface area (Å²) in [5.74, 6) is 0.932.